The average molecular weight is 263 g/mol. The van der Waals surface area contributed by atoms with Gasteiger partial charge in [0.1, 0.15) is 11.4 Å². The molecule has 19 heavy (non-hydrogen) atoms. The van der Waals surface area contributed by atoms with Crippen LogP contribution in [0, 0.1) is 0 Å². The number of morpholine rings is 1. The van der Waals surface area contributed by atoms with Crippen molar-refractivity contribution >= 4 is 5.82 Å². The first-order valence-corrected chi connectivity index (χ1v) is 6.90. The number of nitrogens with two attached hydrogens (primary N) is 1. The second-order valence-corrected chi connectivity index (χ2v) is 5.49. The maximum absolute atomic E-state index is 5.99. The molecule has 1 atom stereocenters. The number of rotatable bonds is 2. The van der Waals surface area contributed by atoms with Crippen LogP contribution in [0.1, 0.15) is 18.4 Å². The van der Waals surface area contributed by atoms with Gasteiger partial charge in [0.15, 0.2) is 0 Å². The van der Waals surface area contributed by atoms with Crippen molar-refractivity contribution in [1.82, 2.24) is 9.88 Å². The van der Waals surface area contributed by atoms with Crippen LogP contribution in [0.4, 0.5) is 5.82 Å². The molecule has 1 spiro atoms. The summed E-state index contributed by atoms with van der Waals surface area (Å²) >= 11 is 0. The molecule has 104 valence electrons. The van der Waals surface area contributed by atoms with Crippen LogP contribution in [0.5, 0.6) is 0 Å². The first kappa shape index (κ1) is 12.8. The van der Waals surface area contributed by atoms with E-state index in [1.54, 1.807) is 6.20 Å². The van der Waals surface area contributed by atoms with Gasteiger partial charge >= 0.3 is 0 Å². The SMILES string of the molecule is Nc1cc(CN2CCOC3(CCCOC3)C2)ccn1. The van der Waals surface area contributed by atoms with Crippen molar-refractivity contribution in [3.05, 3.63) is 23.9 Å². The standard InChI is InChI=1S/C14H21N3O2/c15-13-8-12(2-4-16-13)9-17-5-7-19-14(10-17)3-1-6-18-11-14/h2,4,8H,1,3,5-7,9-11H2,(H2,15,16). The largest absolute Gasteiger partial charge is 0.384 e. The highest BCUT2D eigenvalue weighted by atomic mass is 16.5. The molecule has 1 aromatic heterocycles. The molecule has 0 aromatic carbocycles. The number of hydrogen-bond acceptors (Lipinski definition) is 5. The predicted octanol–water partition coefficient (Wildman–Crippen LogP) is 1.05. The van der Waals surface area contributed by atoms with Crippen molar-refractivity contribution in [2.45, 2.75) is 25.0 Å². The molecule has 3 rings (SSSR count). The van der Waals surface area contributed by atoms with E-state index in [0.29, 0.717) is 5.82 Å². The number of nitrogens with zero attached hydrogens (tertiary/aromatic N) is 2. The summed E-state index contributed by atoms with van der Waals surface area (Å²) in [7, 11) is 0. The number of ether oxygens (including phenoxy) is 2. The molecule has 2 saturated heterocycles. The molecule has 2 fully saturated rings. The maximum Gasteiger partial charge on any atom is 0.123 e. The molecule has 0 saturated carbocycles. The van der Waals surface area contributed by atoms with Gasteiger partial charge in [-0.1, -0.05) is 0 Å². The third-order valence-electron chi connectivity index (χ3n) is 3.87. The van der Waals surface area contributed by atoms with Crippen LogP contribution in [0.15, 0.2) is 18.3 Å². The zero-order valence-corrected chi connectivity index (χ0v) is 11.2. The fraction of sp³-hybridized carbons (Fsp3) is 0.643. The fourth-order valence-electron chi connectivity index (χ4n) is 2.97. The predicted molar refractivity (Wildman–Crippen MR) is 72.7 cm³/mol. The molecule has 2 aliphatic rings. The molecule has 0 bridgehead atoms. The van der Waals surface area contributed by atoms with Crippen molar-refractivity contribution in [1.29, 1.82) is 0 Å². The summed E-state index contributed by atoms with van der Waals surface area (Å²) in [6, 6.07) is 3.97. The summed E-state index contributed by atoms with van der Waals surface area (Å²) in [5, 5.41) is 0. The van der Waals surface area contributed by atoms with E-state index in [1.807, 2.05) is 12.1 Å². The van der Waals surface area contributed by atoms with Gasteiger partial charge in [-0.05, 0) is 30.5 Å². The molecule has 2 aliphatic heterocycles. The summed E-state index contributed by atoms with van der Waals surface area (Å²) < 4.78 is 11.6. The molecule has 5 nitrogen and oxygen atoms in total. The Morgan fingerprint density at radius 1 is 1.42 bits per heavy atom. The van der Waals surface area contributed by atoms with E-state index >= 15 is 0 Å². The number of hydrogen-bond donors (Lipinski definition) is 1. The first-order chi connectivity index (χ1) is 9.26. The number of aromatic nitrogens is 1. The number of nitrogen functional groups attached to an aromatic ring is 1. The normalized spacial score (nSPS) is 28.6. The Bertz CT molecular complexity index is 427. The van der Waals surface area contributed by atoms with Crippen LogP contribution >= 0.6 is 0 Å². The average Bonchev–Trinajstić information content (AvgIpc) is 2.40. The van der Waals surface area contributed by atoms with Crippen LogP contribution in [0.2, 0.25) is 0 Å². The van der Waals surface area contributed by atoms with E-state index in [9.17, 15) is 0 Å². The Hall–Kier alpha value is -1.17. The number of pyridine rings is 1. The van der Waals surface area contributed by atoms with E-state index in [2.05, 4.69) is 9.88 Å². The molecule has 5 heteroatoms. The van der Waals surface area contributed by atoms with Gasteiger partial charge in [0.05, 0.1) is 13.2 Å². The summed E-state index contributed by atoms with van der Waals surface area (Å²) in [4.78, 5) is 6.45. The Labute approximate surface area is 113 Å². The molecule has 0 aliphatic carbocycles. The topological polar surface area (TPSA) is 60.6 Å². The monoisotopic (exact) mass is 263 g/mol. The van der Waals surface area contributed by atoms with Crippen molar-refractivity contribution in [3.8, 4) is 0 Å². The Morgan fingerprint density at radius 2 is 2.37 bits per heavy atom. The highest BCUT2D eigenvalue weighted by Gasteiger charge is 2.38. The molecule has 0 radical (unpaired) electrons. The van der Waals surface area contributed by atoms with Crippen molar-refractivity contribution in [2.75, 3.05) is 38.6 Å². The van der Waals surface area contributed by atoms with Gasteiger partial charge in [0.25, 0.3) is 0 Å². The molecule has 1 unspecified atom stereocenters. The second kappa shape index (κ2) is 5.45. The summed E-state index contributed by atoms with van der Waals surface area (Å²) in [6.45, 7) is 5.18. The van der Waals surface area contributed by atoms with Crippen LogP contribution in [-0.2, 0) is 16.0 Å². The van der Waals surface area contributed by atoms with Crippen molar-refractivity contribution < 1.29 is 9.47 Å². The third kappa shape index (κ3) is 3.05. The quantitative estimate of drug-likeness (QED) is 0.864. The van der Waals surface area contributed by atoms with E-state index < -0.39 is 0 Å². The fourth-order valence-corrected chi connectivity index (χ4v) is 2.97. The van der Waals surface area contributed by atoms with E-state index in [-0.39, 0.29) is 5.60 Å². The molecule has 2 N–H and O–H groups in total. The van der Waals surface area contributed by atoms with Crippen LogP contribution in [0.25, 0.3) is 0 Å². The molecular weight excluding hydrogens is 242 g/mol. The first-order valence-electron chi connectivity index (χ1n) is 6.90. The zero-order valence-electron chi connectivity index (χ0n) is 11.2. The van der Waals surface area contributed by atoms with Gasteiger partial charge in [-0.25, -0.2) is 4.98 Å². The van der Waals surface area contributed by atoms with Crippen LogP contribution < -0.4 is 5.73 Å². The van der Waals surface area contributed by atoms with Gasteiger partial charge < -0.3 is 15.2 Å². The minimum absolute atomic E-state index is 0.0882. The number of anilines is 1. The maximum atomic E-state index is 5.99. The highest BCUT2D eigenvalue weighted by molar-refractivity contribution is 5.31. The van der Waals surface area contributed by atoms with Gasteiger partial charge in [0, 0.05) is 32.4 Å². The summed E-state index contributed by atoms with van der Waals surface area (Å²) in [6.07, 6.45) is 3.96. The Morgan fingerprint density at radius 3 is 3.16 bits per heavy atom. The summed E-state index contributed by atoms with van der Waals surface area (Å²) in [5.74, 6) is 0.585. The molecular formula is C14H21N3O2. The lowest BCUT2D eigenvalue weighted by atomic mass is 9.94. The van der Waals surface area contributed by atoms with E-state index in [4.69, 9.17) is 15.2 Å². The van der Waals surface area contributed by atoms with Gasteiger partial charge in [0.2, 0.25) is 0 Å². The van der Waals surface area contributed by atoms with Gasteiger partial charge in [-0.15, -0.1) is 0 Å². The smallest absolute Gasteiger partial charge is 0.123 e. The third-order valence-corrected chi connectivity index (χ3v) is 3.87. The zero-order chi connectivity index (χ0) is 13.1. The van der Waals surface area contributed by atoms with Crippen molar-refractivity contribution in [2.24, 2.45) is 0 Å². The van der Waals surface area contributed by atoms with Crippen LogP contribution in [-0.4, -0.2) is 48.4 Å². The van der Waals surface area contributed by atoms with Crippen molar-refractivity contribution in [3.63, 3.8) is 0 Å². The van der Waals surface area contributed by atoms with Crippen LogP contribution in [0.3, 0.4) is 0 Å². The lowest BCUT2D eigenvalue weighted by Crippen LogP contribution is -2.55. The second-order valence-electron chi connectivity index (χ2n) is 5.49. The Kier molecular flexibility index (Phi) is 3.68. The lowest BCUT2D eigenvalue weighted by Gasteiger charge is -2.44. The summed E-state index contributed by atoms with van der Waals surface area (Å²) in [5.41, 5.74) is 6.85. The van der Waals surface area contributed by atoms with E-state index in [0.717, 1.165) is 52.3 Å². The van der Waals surface area contributed by atoms with Gasteiger partial charge in [-0.3, -0.25) is 4.90 Å². The molecule has 3 heterocycles. The molecule has 1 aromatic rings. The Balaban J connectivity index is 1.65. The van der Waals surface area contributed by atoms with Gasteiger partial charge in [-0.2, -0.15) is 0 Å². The minimum Gasteiger partial charge on any atom is -0.384 e. The van der Waals surface area contributed by atoms with E-state index in [1.165, 1.54) is 5.56 Å². The lowest BCUT2D eigenvalue weighted by molar-refractivity contribution is -0.169. The molecule has 0 amide bonds. The minimum atomic E-state index is -0.0882. The highest BCUT2D eigenvalue weighted by Crippen LogP contribution is 2.28.